The van der Waals surface area contributed by atoms with Crippen molar-refractivity contribution in [2.75, 3.05) is 13.7 Å². The molecule has 2 aromatic carbocycles. The normalized spacial score (nSPS) is 12.0. The van der Waals surface area contributed by atoms with Gasteiger partial charge in [-0.25, -0.2) is 0 Å². The number of aryl methyl sites for hydroxylation is 1. The van der Waals surface area contributed by atoms with E-state index in [9.17, 15) is 9.59 Å². The number of hydrogen-bond donors (Lipinski definition) is 0. The second-order valence-corrected chi connectivity index (χ2v) is 6.61. The largest absolute Gasteiger partial charge is 0.494 e. The number of carbonyl (C=O) groups excluding carboxylic acids is 2. The Hall–Kier alpha value is -2.88. The Kier molecular flexibility index (Phi) is 7.35. The molecule has 1 amide bonds. The monoisotopic (exact) mass is 365 g/mol. The Labute approximate surface area is 161 Å². The molecule has 0 fully saturated rings. The first-order valence-corrected chi connectivity index (χ1v) is 9.21. The fourth-order valence-corrected chi connectivity index (χ4v) is 2.51. The lowest BCUT2D eigenvalue weighted by Crippen LogP contribution is -2.39. The maximum atomic E-state index is 12.6. The van der Waals surface area contributed by atoms with Crippen LogP contribution in [0.2, 0.25) is 0 Å². The predicted molar refractivity (Wildman–Crippen MR) is 109 cm³/mol. The number of ether oxygens (including phenoxy) is 1. The Morgan fingerprint density at radius 3 is 2.30 bits per heavy atom. The average molecular weight is 365 g/mol. The van der Waals surface area contributed by atoms with Crippen LogP contribution in [0.4, 0.5) is 0 Å². The van der Waals surface area contributed by atoms with E-state index in [1.54, 1.807) is 32.2 Å². The van der Waals surface area contributed by atoms with Gasteiger partial charge in [0.15, 0.2) is 5.78 Å². The zero-order chi connectivity index (χ0) is 19.8. The third kappa shape index (κ3) is 5.81. The summed E-state index contributed by atoms with van der Waals surface area (Å²) in [6.07, 6.45) is 4.19. The minimum absolute atomic E-state index is 0.0725. The summed E-state index contributed by atoms with van der Waals surface area (Å²) in [6.45, 7) is 6.46. The number of benzene rings is 2. The van der Waals surface area contributed by atoms with Gasteiger partial charge in [0.25, 0.3) is 0 Å². The lowest BCUT2D eigenvalue weighted by atomic mass is 10.0. The molecule has 142 valence electrons. The maximum Gasteiger partial charge on any atom is 0.246 e. The van der Waals surface area contributed by atoms with E-state index in [1.807, 2.05) is 43.3 Å². The standard InChI is InChI=1S/C23H27NO3/c1-5-16-27-21-13-8-19(9-14-21)10-15-22(25)24(4)18(3)23(26)20-11-6-17(2)7-12-20/h6-15,18H,5,16H2,1-4H3/b15-10+. The summed E-state index contributed by atoms with van der Waals surface area (Å²) in [6, 6.07) is 14.4. The first kappa shape index (κ1) is 20.4. The molecular formula is C23H27NO3. The molecule has 1 unspecified atom stereocenters. The quantitative estimate of drug-likeness (QED) is 0.510. The van der Waals surface area contributed by atoms with Gasteiger partial charge < -0.3 is 9.64 Å². The van der Waals surface area contributed by atoms with Crippen molar-refractivity contribution in [3.63, 3.8) is 0 Å². The minimum atomic E-state index is -0.533. The summed E-state index contributed by atoms with van der Waals surface area (Å²) in [7, 11) is 1.64. The van der Waals surface area contributed by atoms with Gasteiger partial charge in [0.1, 0.15) is 5.75 Å². The molecule has 0 heterocycles. The molecule has 0 aliphatic rings. The van der Waals surface area contributed by atoms with Crippen molar-refractivity contribution in [1.82, 2.24) is 4.90 Å². The van der Waals surface area contributed by atoms with E-state index in [0.717, 1.165) is 23.3 Å². The zero-order valence-electron chi connectivity index (χ0n) is 16.4. The van der Waals surface area contributed by atoms with Crippen molar-refractivity contribution >= 4 is 17.8 Å². The van der Waals surface area contributed by atoms with Crippen molar-refractivity contribution in [1.29, 1.82) is 0 Å². The van der Waals surface area contributed by atoms with Crippen molar-refractivity contribution < 1.29 is 14.3 Å². The first-order valence-electron chi connectivity index (χ1n) is 9.21. The number of likely N-dealkylation sites (N-methyl/N-ethyl adjacent to an activating group) is 1. The molecule has 0 saturated heterocycles. The van der Waals surface area contributed by atoms with Crippen LogP contribution in [0.25, 0.3) is 6.08 Å². The van der Waals surface area contributed by atoms with Crippen LogP contribution in [0.15, 0.2) is 54.6 Å². The molecule has 0 aliphatic heterocycles. The van der Waals surface area contributed by atoms with Crippen LogP contribution in [-0.4, -0.2) is 36.3 Å². The van der Waals surface area contributed by atoms with Gasteiger partial charge in [-0.2, -0.15) is 0 Å². The van der Waals surface area contributed by atoms with Gasteiger partial charge in [-0.15, -0.1) is 0 Å². The first-order chi connectivity index (χ1) is 12.9. The lowest BCUT2D eigenvalue weighted by Gasteiger charge is -2.22. The molecule has 4 heteroatoms. The summed E-state index contributed by atoms with van der Waals surface area (Å²) in [5.74, 6) is 0.528. The number of rotatable bonds is 8. The zero-order valence-corrected chi connectivity index (χ0v) is 16.4. The molecule has 0 saturated carbocycles. The second kappa shape index (κ2) is 9.72. The van der Waals surface area contributed by atoms with Gasteiger partial charge >= 0.3 is 0 Å². The van der Waals surface area contributed by atoms with E-state index >= 15 is 0 Å². The highest BCUT2D eigenvalue weighted by Gasteiger charge is 2.22. The highest BCUT2D eigenvalue weighted by molar-refractivity contribution is 6.03. The molecule has 0 N–H and O–H groups in total. The number of Topliss-reactive ketones (excluding diaryl/α,β-unsaturated/α-hetero) is 1. The van der Waals surface area contributed by atoms with Gasteiger partial charge in [-0.3, -0.25) is 9.59 Å². The van der Waals surface area contributed by atoms with Crippen LogP contribution in [0.3, 0.4) is 0 Å². The summed E-state index contributed by atoms with van der Waals surface area (Å²) < 4.78 is 5.54. The number of nitrogens with zero attached hydrogens (tertiary/aromatic N) is 1. The lowest BCUT2D eigenvalue weighted by molar-refractivity contribution is -0.125. The van der Waals surface area contributed by atoms with E-state index in [4.69, 9.17) is 4.74 Å². The fraction of sp³-hybridized carbons (Fsp3) is 0.304. The molecule has 0 aliphatic carbocycles. The predicted octanol–water partition coefficient (Wildman–Crippen LogP) is 4.53. The van der Waals surface area contributed by atoms with Crippen molar-refractivity contribution in [2.24, 2.45) is 0 Å². The summed E-state index contributed by atoms with van der Waals surface area (Å²) in [4.78, 5) is 26.4. The number of ketones is 1. The third-order valence-corrected chi connectivity index (χ3v) is 4.42. The number of amides is 1. The molecule has 2 rings (SSSR count). The smallest absolute Gasteiger partial charge is 0.246 e. The van der Waals surface area contributed by atoms with Crippen LogP contribution in [-0.2, 0) is 4.79 Å². The molecule has 1 atom stereocenters. The van der Waals surface area contributed by atoms with Gasteiger partial charge in [0.2, 0.25) is 5.91 Å². The molecular weight excluding hydrogens is 338 g/mol. The minimum Gasteiger partial charge on any atom is -0.494 e. The molecule has 27 heavy (non-hydrogen) atoms. The fourth-order valence-electron chi connectivity index (χ4n) is 2.51. The third-order valence-electron chi connectivity index (χ3n) is 4.42. The van der Waals surface area contributed by atoms with Crippen LogP contribution in [0.5, 0.6) is 5.75 Å². The number of hydrogen-bond acceptors (Lipinski definition) is 3. The van der Waals surface area contributed by atoms with Crippen molar-refractivity contribution in [3.8, 4) is 5.75 Å². The molecule has 0 radical (unpaired) electrons. The Morgan fingerprint density at radius 1 is 1.07 bits per heavy atom. The highest BCUT2D eigenvalue weighted by Crippen LogP contribution is 2.14. The second-order valence-electron chi connectivity index (χ2n) is 6.61. The maximum absolute atomic E-state index is 12.6. The van der Waals surface area contributed by atoms with Gasteiger partial charge in [0.05, 0.1) is 12.6 Å². The number of carbonyl (C=O) groups is 2. The van der Waals surface area contributed by atoms with Crippen LogP contribution >= 0.6 is 0 Å². The van der Waals surface area contributed by atoms with E-state index in [2.05, 4.69) is 6.92 Å². The Balaban J connectivity index is 1.98. The SMILES string of the molecule is CCCOc1ccc(/C=C/C(=O)N(C)C(C)C(=O)c2ccc(C)cc2)cc1. The van der Waals surface area contributed by atoms with E-state index < -0.39 is 6.04 Å². The van der Waals surface area contributed by atoms with Crippen LogP contribution in [0, 0.1) is 6.92 Å². The highest BCUT2D eigenvalue weighted by atomic mass is 16.5. The Morgan fingerprint density at radius 2 is 1.70 bits per heavy atom. The van der Waals surface area contributed by atoms with Crippen molar-refractivity contribution in [3.05, 3.63) is 71.3 Å². The molecule has 4 nitrogen and oxygen atoms in total. The Bertz CT molecular complexity index is 791. The molecule has 0 aromatic heterocycles. The van der Waals surface area contributed by atoms with Gasteiger partial charge in [-0.1, -0.05) is 48.9 Å². The molecule has 0 bridgehead atoms. The van der Waals surface area contributed by atoms with Gasteiger partial charge in [-0.05, 0) is 44.0 Å². The van der Waals surface area contributed by atoms with E-state index in [-0.39, 0.29) is 11.7 Å². The van der Waals surface area contributed by atoms with Crippen LogP contribution in [0.1, 0.15) is 41.8 Å². The molecule has 2 aromatic rings. The van der Waals surface area contributed by atoms with E-state index in [1.165, 1.54) is 11.0 Å². The summed E-state index contributed by atoms with van der Waals surface area (Å²) in [5, 5.41) is 0. The average Bonchev–Trinajstić information content (AvgIpc) is 2.70. The van der Waals surface area contributed by atoms with Gasteiger partial charge in [0, 0.05) is 18.7 Å². The summed E-state index contributed by atoms with van der Waals surface area (Å²) >= 11 is 0. The summed E-state index contributed by atoms with van der Waals surface area (Å²) in [5.41, 5.74) is 2.61. The van der Waals surface area contributed by atoms with E-state index in [0.29, 0.717) is 12.2 Å². The van der Waals surface area contributed by atoms with Crippen molar-refractivity contribution in [2.45, 2.75) is 33.2 Å². The molecule has 0 spiro atoms. The van der Waals surface area contributed by atoms with Crippen LogP contribution < -0.4 is 4.74 Å². The topological polar surface area (TPSA) is 46.6 Å².